The molecule has 0 aromatic carbocycles. The molecule has 0 aliphatic heterocycles. The van der Waals surface area contributed by atoms with Gasteiger partial charge in [0.15, 0.2) is 16.3 Å². The standard InChI is InChI=1S/C8H9N2O3S/c1-4(11)8(2,6(12)13)5-3-14-7(9)10-5/h3H,2H2,1H3,(H2,9,10)(H,12,13). The predicted molar refractivity (Wildman–Crippen MR) is 51.9 cm³/mol. The number of nitrogens with zero attached hydrogens (tertiary/aromatic N) is 1. The lowest BCUT2D eigenvalue weighted by Gasteiger charge is -2.18. The number of carbonyl (C=O) groups excluding carboxylic acids is 1. The zero-order chi connectivity index (χ0) is 10.9. The second-order valence-electron chi connectivity index (χ2n) is 2.84. The molecule has 0 amide bonds. The predicted octanol–water partition coefficient (Wildman–Crippen LogP) is 0.471. The second-order valence-corrected chi connectivity index (χ2v) is 3.73. The van der Waals surface area contributed by atoms with Gasteiger partial charge in [-0.05, 0) is 13.8 Å². The first-order valence-corrected chi connectivity index (χ1v) is 4.58. The summed E-state index contributed by atoms with van der Waals surface area (Å²) in [6.07, 6.45) is 0. The highest BCUT2D eigenvalue weighted by Gasteiger charge is 2.42. The van der Waals surface area contributed by atoms with Crippen molar-refractivity contribution in [2.45, 2.75) is 12.3 Å². The highest BCUT2D eigenvalue weighted by molar-refractivity contribution is 7.13. The SMILES string of the molecule is [CH2]C(C(C)=O)(C(=O)O)c1csc(N)n1. The van der Waals surface area contributed by atoms with Gasteiger partial charge in [-0.25, -0.2) is 4.98 Å². The van der Waals surface area contributed by atoms with Crippen LogP contribution in [-0.4, -0.2) is 21.8 Å². The van der Waals surface area contributed by atoms with E-state index in [2.05, 4.69) is 11.9 Å². The zero-order valence-corrected chi connectivity index (χ0v) is 8.30. The lowest BCUT2D eigenvalue weighted by Crippen LogP contribution is -2.40. The Bertz CT molecular complexity index is 372. The van der Waals surface area contributed by atoms with Crippen LogP contribution in [0.15, 0.2) is 5.38 Å². The van der Waals surface area contributed by atoms with Crippen molar-refractivity contribution in [2.75, 3.05) is 5.73 Å². The second kappa shape index (κ2) is 3.38. The third-order valence-corrected chi connectivity index (χ3v) is 2.60. The van der Waals surface area contributed by atoms with Gasteiger partial charge in [-0.15, -0.1) is 11.3 Å². The molecule has 14 heavy (non-hydrogen) atoms. The van der Waals surface area contributed by atoms with Crippen molar-refractivity contribution < 1.29 is 14.7 Å². The molecule has 1 radical (unpaired) electrons. The first kappa shape index (κ1) is 10.6. The van der Waals surface area contributed by atoms with Crippen LogP contribution in [0, 0.1) is 6.92 Å². The summed E-state index contributed by atoms with van der Waals surface area (Å²) in [4.78, 5) is 25.9. The molecule has 0 aliphatic carbocycles. The molecule has 1 aromatic rings. The van der Waals surface area contributed by atoms with Gasteiger partial charge in [0.25, 0.3) is 0 Å². The number of carboxylic acid groups (broad SMARTS) is 1. The first-order valence-electron chi connectivity index (χ1n) is 3.70. The number of nitrogen functional groups attached to an aromatic ring is 1. The summed E-state index contributed by atoms with van der Waals surface area (Å²) >= 11 is 1.08. The van der Waals surface area contributed by atoms with Gasteiger partial charge in [-0.2, -0.15) is 0 Å². The van der Waals surface area contributed by atoms with E-state index in [1.54, 1.807) is 0 Å². The molecule has 1 rings (SSSR count). The van der Waals surface area contributed by atoms with Crippen LogP contribution in [0.25, 0.3) is 0 Å². The van der Waals surface area contributed by atoms with Crippen LogP contribution in [0.4, 0.5) is 5.13 Å². The van der Waals surface area contributed by atoms with Gasteiger partial charge in [0.05, 0.1) is 5.69 Å². The molecule has 0 saturated carbocycles. The third kappa shape index (κ3) is 1.48. The molecule has 1 atom stereocenters. The molecule has 5 nitrogen and oxygen atoms in total. The van der Waals surface area contributed by atoms with Crippen LogP contribution in [0.1, 0.15) is 12.6 Å². The van der Waals surface area contributed by atoms with E-state index in [-0.39, 0.29) is 10.8 Å². The molecule has 75 valence electrons. The number of ketones is 1. The Hall–Kier alpha value is -1.43. The molecule has 0 aliphatic rings. The molecular weight excluding hydrogens is 204 g/mol. The molecule has 0 bridgehead atoms. The van der Waals surface area contributed by atoms with Gasteiger partial charge in [-0.3, -0.25) is 9.59 Å². The maximum Gasteiger partial charge on any atom is 0.323 e. The maximum absolute atomic E-state index is 11.2. The van der Waals surface area contributed by atoms with Crippen molar-refractivity contribution >= 4 is 28.2 Å². The summed E-state index contributed by atoms with van der Waals surface area (Å²) in [6, 6.07) is 0. The van der Waals surface area contributed by atoms with Gasteiger partial charge in [0, 0.05) is 5.38 Å². The number of Topliss-reactive ketones (excluding diaryl/α,β-unsaturated/α-hetero) is 1. The van der Waals surface area contributed by atoms with Crippen LogP contribution in [0.3, 0.4) is 0 Å². The Labute approximate surface area is 84.6 Å². The van der Waals surface area contributed by atoms with E-state index >= 15 is 0 Å². The van der Waals surface area contributed by atoms with E-state index in [1.807, 2.05) is 0 Å². The summed E-state index contributed by atoms with van der Waals surface area (Å²) in [5, 5.41) is 10.6. The zero-order valence-electron chi connectivity index (χ0n) is 7.48. The number of carboxylic acids is 1. The Kier molecular flexibility index (Phi) is 2.57. The lowest BCUT2D eigenvalue weighted by molar-refractivity contribution is -0.146. The summed E-state index contributed by atoms with van der Waals surface area (Å²) in [5.74, 6) is -1.90. The van der Waals surface area contributed by atoms with Gasteiger partial charge >= 0.3 is 5.97 Å². The smallest absolute Gasteiger partial charge is 0.323 e. The Morgan fingerprint density at radius 2 is 2.29 bits per heavy atom. The van der Waals surface area contributed by atoms with Crippen molar-refractivity contribution in [3.05, 3.63) is 18.0 Å². The van der Waals surface area contributed by atoms with E-state index in [0.717, 1.165) is 18.3 Å². The molecule has 3 N–H and O–H groups in total. The molecule has 1 unspecified atom stereocenters. The number of hydrogen-bond acceptors (Lipinski definition) is 5. The third-order valence-electron chi connectivity index (χ3n) is 1.93. The fourth-order valence-corrected chi connectivity index (χ4v) is 1.56. The fraction of sp³-hybridized carbons (Fsp3) is 0.250. The van der Waals surface area contributed by atoms with Gasteiger partial charge < -0.3 is 10.8 Å². The Morgan fingerprint density at radius 3 is 2.57 bits per heavy atom. The van der Waals surface area contributed by atoms with E-state index < -0.39 is 17.2 Å². The van der Waals surface area contributed by atoms with Crippen LogP contribution in [0.5, 0.6) is 0 Å². The van der Waals surface area contributed by atoms with Crippen molar-refractivity contribution in [2.24, 2.45) is 0 Å². The highest BCUT2D eigenvalue weighted by Crippen LogP contribution is 2.27. The number of thiazole rings is 1. The first-order chi connectivity index (χ1) is 6.39. The van der Waals surface area contributed by atoms with E-state index in [1.165, 1.54) is 5.38 Å². The summed E-state index contributed by atoms with van der Waals surface area (Å²) in [5.41, 5.74) is 3.60. The quantitative estimate of drug-likeness (QED) is 0.712. The number of carbonyl (C=O) groups is 2. The molecular formula is C8H9N2O3S. The topological polar surface area (TPSA) is 93.3 Å². The van der Waals surface area contributed by atoms with Crippen molar-refractivity contribution in [3.8, 4) is 0 Å². The largest absolute Gasteiger partial charge is 0.480 e. The fourth-order valence-electron chi connectivity index (χ4n) is 0.924. The maximum atomic E-state index is 11.2. The normalized spacial score (nSPS) is 14.7. The van der Waals surface area contributed by atoms with Gasteiger partial charge in [0.1, 0.15) is 0 Å². The van der Waals surface area contributed by atoms with Gasteiger partial charge in [0.2, 0.25) is 0 Å². The van der Waals surface area contributed by atoms with E-state index in [9.17, 15) is 9.59 Å². The summed E-state index contributed by atoms with van der Waals surface area (Å²) in [6.45, 7) is 4.56. The number of nitrogens with two attached hydrogens (primary N) is 1. The number of aliphatic carboxylic acids is 1. The average molecular weight is 213 g/mol. The number of hydrogen-bond donors (Lipinski definition) is 2. The van der Waals surface area contributed by atoms with Crippen LogP contribution in [-0.2, 0) is 15.0 Å². The molecule has 0 fully saturated rings. The molecule has 0 spiro atoms. The highest BCUT2D eigenvalue weighted by atomic mass is 32.1. The van der Waals surface area contributed by atoms with Crippen molar-refractivity contribution in [1.82, 2.24) is 4.98 Å². The minimum Gasteiger partial charge on any atom is -0.480 e. The van der Waals surface area contributed by atoms with Crippen LogP contribution < -0.4 is 5.73 Å². The Morgan fingerprint density at radius 1 is 1.71 bits per heavy atom. The number of anilines is 1. The monoisotopic (exact) mass is 213 g/mol. The van der Waals surface area contributed by atoms with Crippen molar-refractivity contribution in [1.29, 1.82) is 0 Å². The molecule has 0 saturated heterocycles. The lowest BCUT2D eigenvalue weighted by atomic mass is 9.83. The van der Waals surface area contributed by atoms with Crippen LogP contribution >= 0.6 is 11.3 Å². The van der Waals surface area contributed by atoms with E-state index in [4.69, 9.17) is 10.8 Å². The molecule has 6 heteroatoms. The average Bonchev–Trinajstić information content (AvgIpc) is 2.49. The number of aromatic nitrogens is 1. The molecule has 1 aromatic heterocycles. The Balaban J connectivity index is 3.26. The summed E-state index contributed by atoms with van der Waals surface area (Å²) < 4.78 is 0. The minimum absolute atomic E-state index is 0.0833. The van der Waals surface area contributed by atoms with Crippen LogP contribution in [0.2, 0.25) is 0 Å². The summed E-state index contributed by atoms with van der Waals surface area (Å²) in [7, 11) is 0. The minimum atomic E-state index is -1.84. The van der Waals surface area contributed by atoms with Crippen molar-refractivity contribution in [3.63, 3.8) is 0 Å². The number of rotatable bonds is 3. The van der Waals surface area contributed by atoms with E-state index in [0.29, 0.717) is 0 Å². The molecule has 1 heterocycles. The van der Waals surface area contributed by atoms with Gasteiger partial charge in [-0.1, -0.05) is 0 Å².